The number of thiazole rings is 1. The molecule has 0 bridgehead atoms. The van der Waals surface area contributed by atoms with Crippen molar-refractivity contribution in [1.29, 1.82) is 0 Å². The van der Waals surface area contributed by atoms with Crippen molar-refractivity contribution in [2.24, 2.45) is 11.3 Å². The number of nitrogens with one attached hydrogen (secondary N) is 1. The molecule has 3 rings (SSSR count). The van der Waals surface area contributed by atoms with E-state index in [-0.39, 0.29) is 5.91 Å². The Bertz CT molecular complexity index is 384. The maximum absolute atomic E-state index is 11.7. The van der Waals surface area contributed by atoms with Crippen molar-refractivity contribution in [3.63, 3.8) is 0 Å². The van der Waals surface area contributed by atoms with E-state index in [1.54, 1.807) is 11.3 Å². The Morgan fingerprint density at radius 1 is 1.62 bits per heavy atom. The second-order valence-corrected chi connectivity index (χ2v) is 5.92. The number of nitrogens with zero attached hydrogens (tertiary/aromatic N) is 1. The Morgan fingerprint density at radius 2 is 2.50 bits per heavy atom. The summed E-state index contributed by atoms with van der Waals surface area (Å²) in [4.78, 5) is 15.9. The Labute approximate surface area is 99.3 Å². The maximum atomic E-state index is 11.7. The van der Waals surface area contributed by atoms with Crippen molar-refractivity contribution in [3.05, 3.63) is 16.6 Å². The zero-order valence-electron chi connectivity index (χ0n) is 9.24. The molecule has 3 nitrogen and oxygen atoms in total. The van der Waals surface area contributed by atoms with Crippen LogP contribution in [0.3, 0.4) is 0 Å². The molecule has 1 heterocycles. The summed E-state index contributed by atoms with van der Waals surface area (Å²) in [5.74, 6) is 0.643. The van der Waals surface area contributed by atoms with Crippen LogP contribution in [0.5, 0.6) is 0 Å². The van der Waals surface area contributed by atoms with Crippen molar-refractivity contribution >= 4 is 17.2 Å². The molecular weight excluding hydrogens is 220 g/mol. The number of hydrogen-bond donors (Lipinski definition) is 1. The zero-order chi connectivity index (χ0) is 11.0. The first kappa shape index (κ1) is 10.3. The van der Waals surface area contributed by atoms with Gasteiger partial charge in [-0.05, 0) is 31.1 Å². The first-order valence-corrected chi connectivity index (χ1v) is 6.84. The van der Waals surface area contributed by atoms with Crippen molar-refractivity contribution in [2.75, 3.05) is 6.54 Å². The van der Waals surface area contributed by atoms with Gasteiger partial charge in [-0.25, -0.2) is 4.98 Å². The first-order valence-electron chi connectivity index (χ1n) is 5.96. The van der Waals surface area contributed by atoms with Crippen molar-refractivity contribution in [3.8, 4) is 0 Å². The highest BCUT2D eigenvalue weighted by Gasteiger charge is 2.65. The van der Waals surface area contributed by atoms with E-state index in [9.17, 15) is 4.79 Å². The normalized spacial score (nSPS) is 24.4. The summed E-state index contributed by atoms with van der Waals surface area (Å²) in [7, 11) is 0. The minimum atomic E-state index is 0.289. The molecule has 1 unspecified atom stereocenters. The number of aryl methyl sites for hydroxylation is 1. The van der Waals surface area contributed by atoms with Crippen molar-refractivity contribution < 1.29 is 4.79 Å². The fourth-order valence-corrected chi connectivity index (χ4v) is 3.05. The second-order valence-electron chi connectivity index (χ2n) is 4.94. The van der Waals surface area contributed by atoms with Crippen molar-refractivity contribution in [2.45, 2.75) is 32.1 Å². The van der Waals surface area contributed by atoms with Crippen LogP contribution in [-0.4, -0.2) is 17.4 Å². The molecule has 1 amide bonds. The molecule has 4 heteroatoms. The minimum absolute atomic E-state index is 0.289. The number of carbonyl (C=O) groups excluding carboxylic acids is 1. The summed E-state index contributed by atoms with van der Waals surface area (Å²) in [5.41, 5.74) is 0.486. The molecule has 1 aromatic rings. The van der Waals surface area contributed by atoms with Gasteiger partial charge in [0.05, 0.1) is 5.01 Å². The van der Waals surface area contributed by atoms with E-state index in [0.29, 0.717) is 11.3 Å². The third-order valence-electron chi connectivity index (χ3n) is 3.75. The van der Waals surface area contributed by atoms with Crippen LogP contribution in [0.15, 0.2) is 11.6 Å². The summed E-state index contributed by atoms with van der Waals surface area (Å²) in [6.45, 7) is 0.797. The number of amides is 1. The summed E-state index contributed by atoms with van der Waals surface area (Å²) in [6, 6.07) is 0. The zero-order valence-corrected chi connectivity index (χ0v) is 10.1. The lowest BCUT2D eigenvalue weighted by Crippen LogP contribution is -2.27. The van der Waals surface area contributed by atoms with Gasteiger partial charge < -0.3 is 5.32 Å². The van der Waals surface area contributed by atoms with Gasteiger partial charge in [0.1, 0.15) is 0 Å². The Kier molecular flexibility index (Phi) is 2.46. The van der Waals surface area contributed by atoms with Crippen LogP contribution in [0.2, 0.25) is 0 Å². The maximum Gasteiger partial charge on any atom is 0.223 e. The van der Waals surface area contributed by atoms with Crippen LogP contribution < -0.4 is 5.32 Å². The minimum Gasteiger partial charge on any atom is -0.356 e. The molecular formula is C12H16N2OS. The van der Waals surface area contributed by atoms with Crippen LogP contribution >= 0.6 is 11.3 Å². The van der Waals surface area contributed by atoms with Gasteiger partial charge in [0.15, 0.2) is 0 Å². The first-order chi connectivity index (χ1) is 7.80. The number of aromatic nitrogens is 1. The van der Waals surface area contributed by atoms with Gasteiger partial charge in [0, 0.05) is 30.5 Å². The molecule has 0 aromatic carbocycles. The highest BCUT2D eigenvalue weighted by molar-refractivity contribution is 7.09. The summed E-state index contributed by atoms with van der Waals surface area (Å²) in [6.07, 6.45) is 7.52. The predicted octanol–water partition coefficient (Wildman–Crippen LogP) is 1.99. The molecule has 86 valence electrons. The van der Waals surface area contributed by atoms with E-state index in [2.05, 4.69) is 10.3 Å². The third-order valence-corrected chi connectivity index (χ3v) is 4.59. The lowest BCUT2D eigenvalue weighted by Gasteiger charge is -2.03. The highest BCUT2D eigenvalue weighted by atomic mass is 32.1. The highest BCUT2D eigenvalue weighted by Crippen LogP contribution is 2.70. The van der Waals surface area contributed by atoms with Gasteiger partial charge in [0.25, 0.3) is 0 Å². The van der Waals surface area contributed by atoms with E-state index < -0.39 is 0 Å². The number of carbonyl (C=O) groups is 1. The summed E-state index contributed by atoms with van der Waals surface area (Å²) >= 11 is 1.69. The SMILES string of the molecule is O=C(NCCCc1nccs1)C1CC12CC2. The third kappa shape index (κ3) is 1.98. The Hall–Kier alpha value is -0.900. The van der Waals surface area contributed by atoms with Crippen LogP contribution in [-0.2, 0) is 11.2 Å². The number of hydrogen-bond acceptors (Lipinski definition) is 3. The Morgan fingerprint density at radius 3 is 3.12 bits per heavy atom. The summed E-state index contributed by atoms with van der Waals surface area (Å²) < 4.78 is 0. The fourth-order valence-electron chi connectivity index (χ4n) is 2.38. The van der Waals surface area contributed by atoms with Gasteiger partial charge in [-0.2, -0.15) is 0 Å². The van der Waals surface area contributed by atoms with E-state index >= 15 is 0 Å². The Balaban J connectivity index is 1.33. The smallest absolute Gasteiger partial charge is 0.223 e. The summed E-state index contributed by atoms with van der Waals surface area (Å²) in [5, 5.41) is 6.20. The topological polar surface area (TPSA) is 42.0 Å². The molecule has 0 aliphatic heterocycles. The van der Waals surface area contributed by atoms with Crippen LogP contribution in [0, 0.1) is 11.3 Å². The lowest BCUT2D eigenvalue weighted by molar-refractivity contribution is -0.122. The van der Waals surface area contributed by atoms with E-state index in [1.165, 1.54) is 17.8 Å². The molecule has 2 aliphatic rings. The molecule has 16 heavy (non-hydrogen) atoms. The van der Waals surface area contributed by atoms with Crippen LogP contribution in [0.25, 0.3) is 0 Å². The molecule has 1 atom stereocenters. The predicted molar refractivity (Wildman–Crippen MR) is 63.2 cm³/mol. The second kappa shape index (κ2) is 3.84. The molecule has 2 aliphatic carbocycles. The van der Waals surface area contributed by atoms with Crippen molar-refractivity contribution in [1.82, 2.24) is 10.3 Å². The van der Waals surface area contributed by atoms with Gasteiger partial charge in [-0.1, -0.05) is 0 Å². The molecule has 1 N–H and O–H groups in total. The van der Waals surface area contributed by atoms with E-state index in [0.717, 1.165) is 25.8 Å². The van der Waals surface area contributed by atoms with Gasteiger partial charge in [-0.3, -0.25) is 4.79 Å². The molecule has 2 fully saturated rings. The average Bonchev–Trinajstić information content (AvgIpc) is 3.17. The quantitative estimate of drug-likeness (QED) is 0.794. The van der Waals surface area contributed by atoms with Gasteiger partial charge >= 0.3 is 0 Å². The largest absolute Gasteiger partial charge is 0.356 e. The van der Waals surface area contributed by atoms with Gasteiger partial charge in [-0.15, -0.1) is 11.3 Å². The average molecular weight is 236 g/mol. The molecule has 0 saturated heterocycles. The molecule has 2 saturated carbocycles. The van der Waals surface area contributed by atoms with Crippen LogP contribution in [0.1, 0.15) is 30.7 Å². The van der Waals surface area contributed by atoms with E-state index in [1.807, 2.05) is 11.6 Å². The molecule has 1 spiro atoms. The monoisotopic (exact) mass is 236 g/mol. The molecule has 1 aromatic heterocycles. The van der Waals surface area contributed by atoms with E-state index in [4.69, 9.17) is 0 Å². The van der Waals surface area contributed by atoms with Gasteiger partial charge in [0.2, 0.25) is 5.91 Å². The van der Waals surface area contributed by atoms with Crippen LogP contribution in [0.4, 0.5) is 0 Å². The fraction of sp³-hybridized carbons (Fsp3) is 0.667. The number of rotatable bonds is 5. The molecule has 0 radical (unpaired) electrons. The standard InChI is InChI=1S/C12H16N2OS/c15-11(9-8-12(9)3-4-12)14-5-1-2-10-13-6-7-16-10/h6-7,9H,1-5,8H2,(H,14,15). The lowest BCUT2D eigenvalue weighted by atomic mass is 10.2.